The van der Waals surface area contributed by atoms with E-state index in [1.165, 1.54) is 0 Å². The maximum Gasteiger partial charge on any atom is 1.00 e. The third-order valence-corrected chi connectivity index (χ3v) is 4.60. The number of rotatable bonds is 7. The van der Waals surface area contributed by atoms with Crippen LogP contribution in [0.25, 0.3) is 0 Å². The maximum absolute atomic E-state index is 12.8. The first-order valence-corrected chi connectivity index (χ1v) is 8.25. The van der Waals surface area contributed by atoms with E-state index in [9.17, 15) is 4.79 Å². The third kappa shape index (κ3) is 4.93. The summed E-state index contributed by atoms with van der Waals surface area (Å²) >= 11 is 0. The molecule has 1 aliphatic rings. The summed E-state index contributed by atoms with van der Waals surface area (Å²) in [5, 5.41) is 0. The summed E-state index contributed by atoms with van der Waals surface area (Å²) < 4.78 is 11.1. The van der Waals surface area contributed by atoms with Gasteiger partial charge in [0.2, 0.25) is 0 Å². The van der Waals surface area contributed by atoms with E-state index >= 15 is 0 Å². The lowest BCUT2D eigenvalue weighted by atomic mass is 9.74. The minimum absolute atomic E-state index is 0. The number of benzene rings is 1. The van der Waals surface area contributed by atoms with Crippen LogP contribution in [0.3, 0.4) is 0 Å². The van der Waals surface area contributed by atoms with Gasteiger partial charge in [0, 0.05) is 19.8 Å². The Balaban J connectivity index is 0.00000264. The molecule has 0 aliphatic carbocycles. The van der Waals surface area contributed by atoms with Crippen LogP contribution in [0.5, 0.6) is 0 Å². The van der Waals surface area contributed by atoms with Crippen molar-refractivity contribution in [3.63, 3.8) is 0 Å². The van der Waals surface area contributed by atoms with Gasteiger partial charge in [-0.05, 0) is 31.5 Å². The van der Waals surface area contributed by atoms with E-state index in [1.54, 1.807) is 0 Å². The molecule has 0 aromatic heterocycles. The van der Waals surface area contributed by atoms with Crippen LogP contribution in [-0.2, 0) is 19.7 Å². The second-order valence-corrected chi connectivity index (χ2v) is 5.72. The van der Waals surface area contributed by atoms with E-state index in [4.69, 9.17) is 9.47 Å². The number of likely N-dealkylation sites (N-methyl/N-ethyl adjacent to an activating group) is 1. The Bertz CT molecular complexity index is 463. The Hall–Kier alpha value is -1.10. The van der Waals surface area contributed by atoms with Crippen LogP contribution in [0, 0.1) is 0 Å². The highest BCUT2D eigenvalue weighted by molar-refractivity contribution is 5.83. The molecular weight excluding hydrogens is 314 g/mol. The molecule has 0 bridgehead atoms. The fourth-order valence-electron chi connectivity index (χ4n) is 3.03. The molecule has 23 heavy (non-hydrogen) atoms. The van der Waals surface area contributed by atoms with Crippen molar-refractivity contribution in [1.82, 2.24) is 4.90 Å². The quantitative estimate of drug-likeness (QED) is 0.640. The number of halogens is 1. The number of hydrogen-bond donors (Lipinski definition) is 0. The van der Waals surface area contributed by atoms with Crippen molar-refractivity contribution in [3.05, 3.63) is 35.9 Å². The van der Waals surface area contributed by atoms with Crippen LogP contribution in [-0.4, -0.2) is 50.3 Å². The number of nitrogens with zero attached hydrogens (tertiary/aromatic N) is 1. The number of esters is 1. The van der Waals surface area contributed by atoms with Gasteiger partial charge in [0.05, 0.1) is 5.41 Å². The Labute approximate surface area is 147 Å². The molecule has 4 nitrogen and oxygen atoms in total. The first kappa shape index (κ1) is 19.9. The minimum Gasteiger partial charge on any atom is -1.00 e. The van der Waals surface area contributed by atoms with E-state index < -0.39 is 5.41 Å². The second-order valence-electron chi connectivity index (χ2n) is 5.72. The van der Waals surface area contributed by atoms with Gasteiger partial charge in [0.15, 0.2) is 0 Å². The average molecular weight is 342 g/mol. The standard InChI is InChI=1S/C18H27NO3.ClH/c1-3-19(4-2)12-15-22-17(20)18(10-13-21-14-11-18)16-8-6-5-7-9-16;/h5-9H,3-4,10-15H2,1-2H3;1H. The largest absolute Gasteiger partial charge is 1.00 e. The first-order valence-electron chi connectivity index (χ1n) is 8.25. The highest BCUT2D eigenvalue weighted by Crippen LogP contribution is 2.36. The number of ether oxygens (including phenoxy) is 2. The summed E-state index contributed by atoms with van der Waals surface area (Å²) in [4.78, 5) is 15.0. The number of hydrogen-bond acceptors (Lipinski definition) is 4. The molecule has 2 rings (SSSR count). The van der Waals surface area contributed by atoms with Gasteiger partial charge in [-0.15, -0.1) is 0 Å². The fraction of sp³-hybridized carbons (Fsp3) is 0.611. The van der Waals surface area contributed by atoms with E-state index in [2.05, 4.69) is 18.7 Å². The van der Waals surface area contributed by atoms with Gasteiger partial charge in [0.1, 0.15) is 6.61 Å². The van der Waals surface area contributed by atoms with Gasteiger partial charge in [-0.3, -0.25) is 4.79 Å². The van der Waals surface area contributed by atoms with Gasteiger partial charge in [-0.2, -0.15) is 0 Å². The monoisotopic (exact) mass is 341 g/mol. The molecular formula is C18H28ClNO3. The lowest BCUT2D eigenvalue weighted by molar-refractivity contribution is -0.155. The van der Waals surface area contributed by atoms with Gasteiger partial charge >= 0.3 is 7.40 Å². The van der Waals surface area contributed by atoms with Crippen molar-refractivity contribution in [3.8, 4) is 0 Å². The van der Waals surface area contributed by atoms with Crippen LogP contribution in [0.1, 0.15) is 33.7 Å². The molecule has 0 saturated carbocycles. The zero-order valence-corrected chi connectivity index (χ0v) is 14.8. The van der Waals surface area contributed by atoms with Crippen molar-refractivity contribution in [1.29, 1.82) is 0 Å². The van der Waals surface area contributed by atoms with Gasteiger partial charge < -0.3 is 26.8 Å². The molecule has 0 spiro atoms. The van der Waals surface area contributed by atoms with Gasteiger partial charge in [0.25, 0.3) is 0 Å². The van der Waals surface area contributed by atoms with Crippen LogP contribution in [0.15, 0.2) is 30.3 Å². The molecule has 1 aromatic rings. The van der Waals surface area contributed by atoms with Crippen molar-refractivity contribution < 1.29 is 28.1 Å². The lowest BCUT2D eigenvalue weighted by Crippen LogP contribution is -3.00. The zero-order chi connectivity index (χ0) is 15.8. The predicted octanol–water partition coefficient (Wildman–Crippen LogP) is -0.264. The molecule has 1 aliphatic heterocycles. The third-order valence-electron chi connectivity index (χ3n) is 4.60. The van der Waals surface area contributed by atoms with E-state index in [0.717, 1.165) is 25.2 Å². The van der Waals surface area contributed by atoms with Crippen LogP contribution >= 0.6 is 0 Å². The summed E-state index contributed by atoms with van der Waals surface area (Å²) in [7, 11) is 0. The highest BCUT2D eigenvalue weighted by atomic mass is 35.5. The molecule has 0 N–H and O–H groups in total. The summed E-state index contributed by atoms with van der Waals surface area (Å²) in [6, 6.07) is 9.99. The van der Waals surface area contributed by atoms with Gasteiger partial charge in [-0.25, -0.2) is 0 Å². The summed E-state index contributed by atoms with van der Waals surface area (Å²) in [5.41, 5.74) is 0.508. The van der Waals surface area contributed by atoms with Crippen molar-refractivity contribution in [2.24, 2.45) is 0 Å². The summed E-state index contributed by atoms with van der Waals surface area (Å²) in [5.74, 6) is -0.103. The Morgan fingerprint density at radius 2 is 1.83 bits per heavy atom. The second kappa shape index (κ2) is 9.91. The van der Waals surface area contributed by atoms with Crippen molar-refractivity contribution in [2.45, 2.75) is 32.1 Å². The Kier molecular flexibility index (Phi) is 8.59. The summed E-state index contributed by atoms with van der Waals surface area (Å²) in [6.45, 7) is 8.66. The van der Waals surface area contributed by atoms with Gasteiger partial charge in [-0.1, -0.05) is 44.2 Å². The maximum atomic E-state index is 12.8. The number of carbonyl (C=O) groups is 1. The topological polar surface area (TPSA) is 38.8 Å². The lowest BCUT2D eigenvalue weighted by Gasteiger charge is -2.35. The molecule has 0 radical (unpaired) electrons. The van der Waals surface area contributed by atoms with Crippen LogP contribution in [0.4, 0.5) is 0 Å². The zero-order valence-electron chi connectivity index (χ0n) is 15.1. The van der Waals surface area contributed by atoms with Crippen molar-refractivity contribution in [2.75, 3.05) is 39.5 Å². The number of carbonyl (C=O) groups excluding carboxylic acids is 1. The highest BCUT2D eigenvalue weighted by Gasteiger charge is 2.43. The van der Waals surface area contributed by atoms with E-state index in [0.29, 0.717) is 32.7 Å². The molecule has 1 saturated heterocycles. The Morgan fingerprint density at radius 1 is 1.22 bits per heavy atom. The average Bonchev–Trinajstić information content (AvgIpc) is 2.60. The predicted molar refractivity (Wildman–Crippen MR) is 88.0 cm³/mol. The fourth-order valence-corrected chi connectivity index (χ4v) is 3.03. The summed E-state index contributed by atoms with van der Waals surface area (Å²) in [6.07, 6.45) is 1.39. The molecule has 0 amide bonds. The molecule has 0 unspecified atom stereocenters. The molecule has 1 aromatic carbocycles. The molecule has 5 heteroatoms. The van der Waals surface area contributed by atoms with Crippen LogP contribution in [0.2, 0.25) is 0 Å². The molecule has 130 valence electrons. The first-order chi connectivity index (χ1) is 10.7. The van der Waals surface area contributed by atoms with E-state index in [-0.39, 0.29) is 19.8 Å². The molecule has 1 fully saturated rings. The Morgan fingerprint density at radius 3 is 2.39 bits per heavy atom. The molecule has 0 atom stereocenters. The van der Waals surface area contributed by atoms with E-state index in [1.807, 2.05) is 30.3 Å². The minimum atomic E-state index is -0.539. The SMILES string of the molecule is CCN(CC)CCOC(=O)C1(c2ccccc2)CCOCC1.[Cl-].[H+]. The van der Waals surface area contributed by atoms with Crippen molar-refractivity contribution >= 4 is 5.97 Å². The molecule has 1 heterocycles. The smallest absolute Gasteiger partial charge is 1.00 e. The van der Waals surface area contributed by atoms with Crippen LogP contribution < -0.4 is 12.4 Å². The normalized spacial score (nSPS) is 16.7.